The van der Waals surface area contributed by atoms with Crippen LogP contribution in [0.15, 0.2) is 22.7 Å². The van der Waals surface area contributed by atoms with E-state index < -0.39 is 12.1 Å². The molecule has 4 nitrogen and oxygen atoms in total. The highest BCUT2D eigenvalue weighted by molar-refractivity contribution is 9.10. The van der Waals surface area contributed by atoms with Gasteiger partial charge in [-0.1, -0.05) is 29.3 Å². The summed E-state index contributed by atoms with van der Waals surface area (Å²) in [5.41, 5.74) is 0.571. The predicted octanol–water partition coefficient (Wildman–Crippen LogP) is 2.57. The molecular weight excluding hydrogens is 288 g/mol. The highest BCUT2D eigenvalue weighted by Crippen LogP contribution is 2.25. The first-order chi connectivity index (χ1) is 8.08. The fourth-order valence-corrected chi connectivity index (χ4v) is 1.84. The van der Waals surface area contributed by atoms with Crippen molar-refractivity contribution in [2.45, 2.75) is 32.5 Å². The van der Waals surface area contributed by atoms with E-state index >= 15 is 0 Å². The maximum absolute atomic E-state index is 11.0. The Balaban J connectivity index is 2.88. The highest BCUT2D eigenvalue weighted by atomic mass is 79.9. The van der Waals surface area contributed by atoms with Crippen LogP contribution in [0.2, 0.25) is 0 Å². The van der Waals surface area contributed by atoms with Crippen molar-refractivity contribution in [3.05, 3.63) is 28.2 Å². The Bertz CT molecular complexity index is 392. The van der Waals surface area contributed by atoms with E-state index in [1.54, 1.807) is 18.2 Å². The van der Waals surface area contributed by atoms with Crippen molar-refractivity contribution in [2.75, 3.05) is 0 Å². The number of carboxylic acid groups (broad SMARTS) is 1. The van der Waals surface area contributed by atoms with Crippen molar-refractivity contribution in [1.29, 1.82) is 0 Å². The van der Waals surface area contributed by atoms with Crippen molar-refractivity contribution in [3.8, 4) is 5.75 Å². The third-order valence-electron chi connectivity index (χ3n) is 2.29. The minimum atomic E-state index is -0.987. The summed E-state index contributed by atoms with van der Waals surface area (Å²) >= 11 is 3.28. The topological polar surface area (TPSA) is 66.8 Å². The minimum absolute atomic E-state index is 0.187. The zero-order valence-corrected chi connectivity index (χ0v) is 11.1. The van der Waals surface area contributed by atoms with Gasteiger partial charge < -0.3 is 14.9 Å². The Hall–Kier alpha value is -1.07. The van der Waals surface area contributed by atoms with Gasteiger partial charge in [0.1, 0.15) is 5.75 Å². The van der Waals surface area contributed by atoms with Gasteiger partial charge in [0.15, 0.2) is 6.10 Å². The zero-order valence-electron chi connectivity index (χ0n) is 9.52. The maximum atomic E-state index is 11.0. The Labute approximate surface area is 108 Å². The van der Waals surface area contributed by atoms with Gasteiger partial charge in [-0.05, 0) is 24.6 Å². The van der Waals surface area contributed by atoms with E-state index in [4.69, 9.17) is 9.84 Å². The third kappa shape index (κ3) is 4.02. The zero-order chi connectivity index (χ0) is 12.8. The second-order valence-electron chi connectivity index (χ2n) is 3.64. The second-order valence-corrected chi connectivity index (χ2v) is 4.56. The van der Waals surface area contributed by atoms with Crippen LogP contribution in [-0.4, -0.2) is 22.3 Å². The SMILES string of the molecule is CCCC(Oc1ccc(Br)cc1CO)C(=O)O. The lowest BCUT2D eigenvalue weighted by molar-refractivity contribution is -0.145. The molecule has 0 aliphatic rings. The Morgan fingerprint density at radius 1 is 1.53 bits per heavy atom. The maximum Gasteiger partial charge on any atom is 0.344 e. The molecule has 1 aromatic rings. The number of carbonyl (C=O) groups is 1. The number of ether oxygens (including phenoxy) is 1. The van der Waals surface area contributed by atoms with Crippen molar-refractivity contribution in [1.82, 2.24) is 0 Å². The van der Waals surface area contributed by atoms with Gasteiger partial charge in [0.25, 0.3) is 0 Å². The Morgan fingerprint density at radius 2 is 2.24 bits per heavy atom. The molecule has 0 heterocycles. The molecule has 0 spiro atoms. The molecular formula is C12H15BrO4. The molecule has 0 bridgehead atoms. The first kappa shape index (κ1) is 14.0. The number of aliphatic hydroxyl groups is 1. The van der Waals surface area contributed by atoms with Crippen molar-refractivity contribution in [3.63, 3.8) is 0 Å². The molecule has 2 N–H and O–H groups in total. The van der Waals surface area contributed by atoms with Gasteiger partial charge in [-0.25, -0.2) is 4.79 Å². The standard InChI is InChI=1S/C12H15BrO4/c1-2-3-11(12(15)16)17-10-5-4-9(13)6-8(10)7-14/h4-6,11,14H,2-3,7H2,1H3,(H,15,16). The van der Waals surface area contributed by atoms with Gasteiger partial charge in [0.2, 0.25) is 0 Å². The highest BCUT2D eigenvalue weighted by Gasteiger charge is 2.19. The second kappa shape index (κ2) is 6.61. The molecule has 0 aliphatic heterocycles. The Morgan fingerprint density at radius 3 is 2.76 bits per heavy atom. The molecule has 0 fully saturated rings. The van der Waals surface area contributed by atoms with Gasteiger partial charge >= 0.3 is 5.97 Å². The monoisotopic (exact) mass is 302 g/mol. The molecule has 5 heteroatoms. The van der Waals surface area contributed by atoms with Gasteiger partial charge in [-0.3, -0.25) is 0 Å². The lowest BCUT2D eigenvalue weighted by atomic mass is 10.2. The van der Waals surface area contributed by atoms with Crippen molar-refractivity contribution < 1.29 is 19.7 Å². The number of carboxylic acids is 1. The van der Waals surface area contributed by atoms with Crippen LogP contribution < -0.4 is 4.74 Å². The van der Waals surface area contributed by atoms with Gasteiger partial charge in [0, 0.05) is 10.0 Å². The number of halogens is 1. The molecule has 1 atom stereocenters. The summed E-state index contributed by atoms with van der Waals surface area (Å²) < 4.78 is 6.23. The summed E-state index contributed by atoms with van der Waals surface area (Å²) in [6.45, 7) is 1.71. The van der Waals surface area contributed by atoms with Gasteiger partial charge in [-0.15, -0.1) is 0 Å². The molecule has 0 saturated carbocycles. The molecule has 1 aromatic carbocycles. The number of aliphatic carboxylic acids is 1. The van der Waals surface area contributed by atoms with Crippen LogP contribution in [-0.2, 0) is 11.4 Å². The Kier molecular flexibility index (Phi) is 5.44. The van der Waals surface area contributed by atoms with Crippen LogP contribution in [0, 0.1) is 0 Å². The normalized spacial score (nSPS) is 12.2. The number of benzene rings is 1. The summed E-state index contributed by atoms with van der Waals surface area (Å²) in [5, 5.41) is 18.2. The molecule has 1 unspecified atom stereocenters. The molecule has 17 heavy (non-hydrogen) atoms. The molecule has 0 radical (unpaired) electrons. The first-order valence-electron chi connectivity index (χ1n) is 5.37. The van der Waals surface area contributed by atoms with Gasteiger partial charge in [0.05, 0.1) is 6.61 Å². The molecule has 0 saturated heterocycles. The first-order valence-corrected chi connectivity index (χ1v) is 6.16. The van der Waals surface area contributed by atoms with Crippen LogP contribution in [0.25, 0.3) is 0 Å². The fraction of sp³-hybridized carbons (Fsp3) is 0.417. The fourth-order valence-electron chi connectivity index (χ4n) is 1.43. The quantitative estimate of drug-likeness (QED) is 0.847. The smallest absolute Gasteiger partial charge is 0.344 e. The van der Waals surface area contributed by atoms with Crippen LogP contribution in [0.1, 0.15) is 25.3 Å². The summed E-state index contributed by atoms with van der Waals surface area (Å²) in [4.78, 5) is 11.0. The average molecular weight is 303 g/mol. The van der Waals surface area contributed by atoms with E-state index in [1.807, 2.05) is 6.92 Å². The van der Waals surface area contributed by atoms with E-state index in [1.165, 1.54) is 0 Å². The molecule has 94 valence electrons. The third-order valence-corrected chi connectivity index (χ3v) is 2.78. The van der Waals surface area contributed by atoms with Crippen molar-refractivity contribution in [2.24, 2.45) is 0 Å². The van der Waals surface area contributed by atoms with Crippen LogP contribution >= 0.6 is 15.9 Å². The number of rotatable bonds is 6. The largest absolute Gasteiger partial charge is 0.479 e. The molecule has 1 rings (SSSR count). The minimum Gasteiger partial charge on any atom is -0.479 e. The van der Waals surface area contributed by atoms with Crippen LogP contribution in [0.3, 0.4) is 0 Å². The lowest BCUT2D eigenvalue weighted by Crippen LogP contribution is -2.27. The average Bonchev–Trinajstić information content (AvgIpc) is 2.30. The molecule has 0 aliphatic carbocycles. The van der Waals surface area contributed by atoms with E-state index in [0.29, 0.717) is 17.7 Å². The molecule has 0 amide bonds. The number of hydrogen-bond donors (Lipinski definition) is 2. The molecule has 0 aromatic heterocycles. The van der Waals surface area contributed by atoms with Crippen LogP contribution in [0.5, 0.6) is 5.75 Å². The van der Waals surface area contributed by atoms with E-state index in [-0.39, 0.29) is 6.61 Å². The lowest BCUT2D eigenvalue weighted by Gasteiger charge is -2.16. The van der Waals surface area contributed by atoms with E-state index in [0.717, 1.165) is 10.9 Å². The van der Waals surface area contributed by atoms with Crippen molar-refractivity contribution >= 4 is 21.9 Å². The summed E-state index contributed by atoms with van der Waals surface area (Å²) in [7, 11) is 0. The van der Waals surface area contributed by atoms with Gasteiger partial charge in [-0.2, -0.15) is 0 Å². The summed E-state index contributed by atoms with van der Waals surface area (Å²) in [6.07, 6.45) is 0.296. The van der Waals surface area contributed by atoms with Crippen LogP contribution in [0.4, 0.5) is 0 Å². The number of aliphatic hydroxyl groups excluding tert-OH is 1. The number of hydrogen-bond acceptors (Lipinski definition) is 3. The summed E-state index contributed by atoms with van der Waals surface area (Å²) in [6, 6.07) is 5.11. The predicted molar refractivity (Wildman–Crippen MR) is 67.0 cm³/mol. The van der Waals surface area contributed by atoms with E-state index in [9.17, 15) is 9.90 Å². The van der Waals surface area contributed by atoms with E-state index in [2.05, 4.69) is 15.9 Å². The summed E-state index contributed by atoms with van der Waals surface area (Å²) in [5.74, 6) is -0.574.